The molecule has 0 atom stereocenters. The summed E-state index contributed by atoms with van der Waals surface area (Å²) >= 11 is 13.4. The highest BCUT2D eigenvalue weighted by Gasteiger charge is 2.33. The molecule has 30 heavy (non-hydrogen) atoms. The Balaban J connectivity index is 1.62. The van der Waals surface area contributed by atoms with Crippen LogP contribution in [0.3, 0.4) is 0 Å². The van der Waals surface area contributed by atoms with E-state index in [2.05, 4.69) is 4.99 Å². The molecular formula is C23H18Cl2N2O2S. The van der Waals surface area contributed by atoms with Crippen LogP contribution >= 0.6 is 35.0 Å². The van der Waals surface area contributed by atoms with Crippen LogP contribution in [0.5, 0.6) is 0 Å². The number of carbonyl (C=O) groups excluding carboxylic acids is 1. The highest BCUT2D eigenvalue weighted by atomic mass is 35.5. The minimum atomic E-state index is -0.0738. The molecule has 0 radical (unpaired) electrons. The summed E-state index contributed by atoms with van der Waals surface area (Å²) in [7, 11) is 0. The second kappa shape index (κ2) is 9.13. The van der Waals surface area contributed by atoms with Crippen molar-refractivity contribution in [2.75, 3.05) is 6.54 Å². The van der Waals surface area contributed by atoms with E-state index in [4.69, 9.17) is 27.6 Å². The molecule has 3 aromatic rings. The predicted molar refractivity (Wildman–Crippen MR) is 125 cm³/mol. The Morgan fingerprint density at radius 1 is 1.07 bits per heavy atom. The quantitative estimate of drug-likeness (QED) is 0.379. The Morgan fingerprint density at radius 2 is 1.87 bits per heavy atom. The molecule has 1 saturated heterocycles. The summed E-state index contributed by atoms with van der Waals surface area (Å²) in [6.45, 7) is 2.63. The summed E-state index contributed by atoms with van der Waals surface area (Å²) in [6, 6.07) is 18.4. The van der Waals surface area contributed by atoms with Crippen LogP contribution in [-0.2, 0) is 4.79 Å². The Kier molecular flexibility index (Phi) is 6.32. The number of amides is 1. The van der Waals surface area contributed by atoms with Crippen LogP contribution in [0.4, 0.5) is 5.69 Å². The molecule has 0 aliphatic carbocycles. The lowest BCUT2D eigenvalue weighted by Gasteiger charge is -2.13. The average molecular weight is 457 g/mol. The van der Waals surface area contributed by atoms with Gasteiger partial charge >= 0.3 is 0 Å². The van der Waals surface area contributed by atoms with Crippen LogP contribution in [-0.4, -0.2) is 22.5 Å². The molecule has 2 heterocycles. The first-order valence-electron chi connectivity index (χ1n) is 9.45. The van der Waals surface area contributed by atoms with E-state index in [0.29, 0.717) is 38.2 Å². The molecule has 7 heteroatoms. The molecule has 4 rings (SSSR count). The van der Waals surface area contributed by atoms with Crippen molar-refractivity contribution < 1.29 is 9.21 Å². The number of benzene rings is 2. The first-order chi connectivity index (χ1) is 14.5. The number of rotatable bonds is 5. The van der Waals surface area contributed by atoms with Crippen LogP contribution in [0.1, 0.15) is 19.1 Å². The van der Waals surface area contributed by atoms with E-state index in [9.17, 15) is 4.79 Å². The van der Waals surface area contributed by atoms with Crippen LogP contribution in [0.25, 0.3) is 17.4 Å². The number of nitrogens with zero attached hydrogens (tertiary/aromatic N) is 2. The lowest BCUT2D eigenvalue weighted by molar-refractivity contribution is -0.122. The van der Waals surface area contributed by atoms with Crippen molar-refractivity contribution in [1.29, 1.82) is 0 Å². The van der Waals surface area contributed by atoms with E-state index in [1.54, 1.807) is 23.1 Å². The number of hydrogen-bond acceptors (Lipinski definition) is 4. The molecule has 1 amide bonds. The van der Waals surface area contributed by atoms with Gasteiger partial charge in [0.1, 0.15) is 11.5 Å². The second-order valence-electron chi connectivity index (χ2n) is 6.65. The van der Waals surface area contributed by atoms with Crippen molar-refractivity contribution >= 4 is 57.8 Å². The van der Waals surface area contributed by atoms with Crippen molar-refractivity contribution in [3.63, 3.8) is 0 Å². The summed E-state index contributed by atoms with van der Waals surface area (Å²) < 4.78 is 5.92. The normalized spacial score (nSPS) is 16.8. The van der Waals surface area contributed by atoms with E-state index in [-0.39, 0.29) is 5.91 Å². The van der Waals surface area contributed by atoms with Crippen molar-refractivity contribution in [2.45, 2.75) is 13.3 Å². The molecule has 1 aliphatic heterocycles. The van der Waals surface area contributed by atoms with Gasteiger partial charge in [0, 0.05) is 28.2 Å². The number of halogens is 2. The lowest BCUT2D eigenvalue weighted by Crippen LogP contribution is -2.29. The molecule has 1 aromatic heterocycles. The van der Waals surface area contributed by atoms with Crippen LogP contribution < -0.4 is 0 Å². The van der Waals surface area contributed by atoms with Gasteiger partial charge in [0.25, 0.3) is 5.91 Å². The Hall–Kier alpha value is -2.47. The number of furan rings is 1. The van der Waals surface area contributed by atoms with Gasteiger partial charge in [-0.1, -0.05) is 42.3 Å². The molecular weight excluding hydrogens is 439 g/mol. The highest BCUT2D eigenvalue weighted by Crippen LogP contribution is 2.35. The van der Waals surface area contributed by atoms with Gasteiger partial charge in [0.15, 0.2) is 5.17 Å². The third-order valence-electron chi connectivity index (χ3n) is 4.40. The molecule has 0 spiro atoms. The molecule has 1 fully saturated rings. The number of carbonyl (C=O) groups is 1. The average Bonchev–Trinajstić information content (AvgIpc) is 3.31. The largest absolute Gasteiger partial charge is 0.457 e. The summed E-state index contributed by atoms with van der Waals surface area (Å²) in [5.74, 6) is 1.22. The minimum absolute atomic E-state index is 0.0738. The highest BCUT2D eigenvalue weighted by molar-refractivity contribution is 8.18. The van der Waals surface area contributed by atoms with Crippen molar-refractivity contribution in [3.05, 3.63) is 81.4 Å². The predicted octanol–water partition coefficient (Wildman–Crippen LogP) is 7.27. The topological polar surface area (TPSA) is 45.8 Å². The van der Waals surface area contributed by atoms with Gasteiger partial charge in [-0.15, -0.1) is 0 Å². The van der Waals surface area contributed by atoms with E-state index in [0.717, 1.165) is 17.7 Å². The zero-order valence-electron chi connectivity index (χ0n) is 16.1. The molecule has 2 aromatic carbocycles. The van der Waals surface area contributed by atoms with E-state index in [1.165, 1.54) is 11.8 Å². The maximum Gasteiger partial charge on any atom is 0.266 e. The summed E-state index contributed by atoms with van der Waals surface area (Å²) in [6.07, 6.45) is 2.59. The molecule has 152 valence electrons. The van der Waals surface area contributed by atoms with Gasteiger partial charge < -0.3 is 4.42 Å². The van der Waals surface area contributed by atoms with Crippen molar-refractivity contribution in [1.82, 2.24) is 4.90 Å². The van der Waals surface area contributed by atoms with Crippen molar-refractivity contribution in [2.24, 2.45) is 4.99 Å². The third-order valence-corrected chi connectivity index (χ3v) is 5.89. The van der Waals surface area contributed by atoms with Gasteiger partial charge in [-0.25, -0.2) is 4.99 Å². The third kappa shape index (κ3) is 4.64. The number of aliphatic imine (C=N–C) groups is 1. The zero-order valence-corrected chi connectivity index (χ0v) is 18.5. The standard InChI is InChI=1S/C23H18Cl2N2O2S/c1-2-12-27-22(28)21(30-23(27)26-18-8-6-16(24)7-9-18)14-19-10-11-20(29-19)15-4-3-5-17(25)13-15/h3-11,13-14H,2,12H2,1H3/b21-14-,26-23?. The summed E-state index contributed by atoms with van der Waals surface area (Å²) in [5.41, 5.74) is 1.63. The van der Waals surface area contributed by atoms with E-state index < -0.39 is 0 Å². The van der Waals surface area contributed by atoms with Crippen LogP contribution in [0, 0.1) is 0 Å². The summed E-state index contributed by atoms with van der Waals surface area (Å²) in [4.78, 5) is 19.9. The summed E-state index contributed by atoms with van der Waals surface area (Å²) in [5, 5.41) is 1.94. The first-order valence-corrected chi connectivity index (χ1v) is 11.0. The second-order valence-corrected chi connectivity index (χ2v) is 8.53. The molecule has 4 nitrogen and oxygen atoms in total. The Labute approximate surface area is 189 Å². The minimum Gasteiger partial charge on any atom is -0.457 e. The van der Waals surface area contributed by atoms with E-state index >= 15 is 0 Å². The molecule has 0 bridgehead atoms. The smallest absolute Gasteiger partial charge is 0.266 e. The molecule has 0 saturated carbocycles. The first kappa shape index (κ1) is 20.8. The van der Waals surface area contributed by atoms with Gasteiger partial charge in [0.2, 0.25) is 0 Å². The van der Waals surface area contributed by atoms with Crippen LogP contribution in [0.15, 0.2) is 75.0 Å². The molecule has 0 unspecified atom stereocenters. The van der Waals surface area contributed by atoms with E-state index in [1.807, 2.05) is 55.5 Å². The molecule has 1 aliphatic rings. The fraction of sp³-hybridized carbons (Fsp3) is 0.130. The fourth-order valence-corrected chi connectivity index (χ4v) is 4.32. The number of amidine groups is 1. The maximum absolute atomic E-state index is 13.0. The monoisotopic (exact) mass is 456 g/mol. The van der Waals surface area contributed by atoms with Gasteiger partial charge in [-0.3, -0.25) is 9.69 Å². The fourth-order valence-electron chi connectivity index (χ4n) is 2.99. The Morgan fingerprint density at radius 3 is 2.60 bits per heavy atom. The SMILES string of the molecule is CCCN1C(=O)/C(=C/c2ccc(-c3cccc(Cl)c3)o2)SC1=Nc1ccc(Cl)cc1. The Bertz CT molecular complexity index is 1140. The zero-order chi connectivity index (χ0) is 21.1. The van der Waals surface area contributed by atoms with Gasteiger partial charge in [0.05, 0.1) is 10.6 Å². The number of hydrogen-bond donors (Lipinski definition) is 0. The molecule has 0 N–H and O–H groups in total. The number of thioether (sulfide) groups is 1. The van der Waals surface area contributed by atoms with Crippen molar-refractivity contribution in [3.8, 4) is 11.3 Å². The maximum atomic E-state index is 13.0. The van der Waals surface area contributed by atoms with Gasteiger partial charge in [-0.2, -0.15) is 0 Å². The lowest BCUT2D eigenvalue weighted by atomic mass is 10.2. The van der Waals surface area contributed by atoms with Gasteiger partial charge in [-0.05, 0) is 66.7 Å². The van der Waals surface area contributed by atoms with Crippen LogP contribution in [0.2, 0.25) is 10.0 Å².